The van der Waals surface area contributed by atoms with Gasteiger partial charge in [-0.25, -0.2) is 0 Å². The van der Waals surface area contributed by atoms with Gasteiger partial charge in [0.25, 0.3) is 0 Å². The van der Waals surface area contributed by atoms with Crippen molar-refractivity contribution in [3.8, 4) is 0 Å². The van der Waals surface area contributed by atoms with E-state index < -0.39 is 0 Å². The largest absolute Gasteiger partial charge is 0.347 e. The molecule has 0 aliphatic heterocycles. The number of carbonyl (C=O) groups excluding carboxylic acids is 2. The molecule has 0 saturated heterocycles. The number of benzene rings is 1. The second-order valence-corrected chi connectivity index (χ2v) is 6.51. The van der Waals surface area contributed by atoms with Crippen LogP contribution in [-0.4, -0.2) is 24.9 Å². The Labute approximate surface area is 144 Å². The molecule has 5 heteroatoms. The molecule has 0 unspecified atom stereocenters. The highest BCUT2D eigenvalue weighted by molar-refractivity contribution is 5.94. The van der Waals surface area contributed by atoms with E-state index in [9.17, 15) is 9.59 Å². The lowest BCUT2D eigenvalue weighted by Gasteiger charge is -2.20. The lowest BCUT2D eigenvalue weighted by molar-refractivity contribution is -0.125. The maximum atomic E-state index is 12.0. The van der Waals surface area contributed by atoms with Gasteiger partial charge in [0, 0.05) is 18.7 Å². The van der Waals surface area contributed by atoms with Crippen LogP contribution in [0.1, 0.15) is 51.0 Å². The summed E-state index contributed by atoms with van der Waals surface area (Å²) in [5, 5.41) is 8.83. The third kappa shape index (κ3) is 6.71. The SMILES string of the molecule is CCNCc1cccc(NC(=O)CNC(=O)CC2CCCCC2)c1. The molecule has 1 aromatic rings. The van der Waals surface area contributed by atoms with Gasteiger partial charge >= 0.3 is 0 Å². The molecule has 0 spiro atoms. The summed E-state index contributed by atoms with van der Waals surface area (Å²) in [4.78, 5) is 23.9. The van der Waals surface area contributed by atoms with Crippen molar-refractivity contribution in [3.05, 3.63) is 29.8 Å². The number of hydrogen-bond acceptors (Lipinski definition) is 3. The average Bonchev–Trinajstić information content (AvgIpc) is 2.59. The minimum atomic E-state index is -0.187. The quantitative estimate of drug-likeness (QED) is 0.686. The Hall–Kier alpha value is -1.88. The van der Waals surface area contributed by atoms with Crippen LogP contribution < -0.4 is 16.0 Å². The topological polar surface area (TPSA) is 70.2 Å². The van der Waals surface area contributed by atoms with Gasteiger partial charge in [0.1, 0.15) is 0 Å². The molecular formula is C19H29N3O2. The Morgan fingerprint density at radius 3 is 2.67 bits per heavy atom. The van der Waals surface area contributed by atoms with Crippen molar-refractivity contribution in [2.75, 3.05) is 18.4 Å². The normalized spacial score (nSPS) is 15.0. The van der Waals surface area contributed by atoms with Gasteiger partial charge in [-0.3, -0.25) is 9.59 Å². The lowest BCUT2D eigenvalue weighted by Crippen LogP contribution is -2.34. The number of hydrogen-bond donors (Lipinski definition) is 3. The molecule has 1 aliphatic carbocycles. The van der Waals surface area contributed by atoms with Crippen molar-refractivity contribution in [2.24, 2.45) is 5.92 Å². The number of rotatable bonds is 8. The fourth-order valence-electron chi connectivity index (χ4n) is 3.14. The molecule has 1 saturated carbocycles. The summed E-state index contributed by atoms with van der Waals surface area (Å²) in [7, 11) is 0. The summed E-state index contributed by atoms with van der Waals surface area (Å²) in [6.45, 7) is 3.77. The molecule has 1 fully saturated rings. The predicted molar refractivity (Wildman–Crippen MR) is 96.7 cm³/mol. The first-order chi connectivity index (χ1) is 11.7. The fourth-order valence-corrected chi connectivity index (χ4v) is 3.14. The van der Waals surface area contributed by atoms with Crippen LogP contribution >= 0.6 is 0 Å². The summed E-state index contributed by atoms with van der Waals surface area (Å²) in [5.41, 5.74) is 1.88. The summed E-state index contributed by atoms with van der Waals surface area (Å²) in [6.07, 6.45) is 6.55. The molecule has 5 nitrogen and oxygen atoms in total. The molecule has 1 aliphatic rings. The van der Waals surface area contributed by atoms with Crippen molar-refractivity contribution < 1.29 is 9.59 Å². The van der Waals surface area contributed by atoms with Gasteiger partial charge in [-0.15, -0.1) is 0 Å². The Morgan fingerprint density at radius 2 is 1.92 bits per heavy atom. The highest BCUT2D eigenvalue weighted by atomic mass is 16.2. The van der Waals surface area contributed by atoms with Gasteiger partial charge in [-0.05, 0) is 43.0 Å². The van der Waals surface area contributed by atoms with Gasteiger partial charge in [0.15, 0.2) is 0 Å². The molecule has 132 valence electrons. The molecule has 1 aromatic carbocycles. The Bertz CT molecular complexity index is 539. The van der Waals surface area contributed by atoms with Crippen LogP contribution in [0.3, 0.4) is 0 Å². The van der Waals surface area contributed by atoms with Crippen LogP contribution in [0.4, 0.5) is 5.69 Å². The van der Waals surface area contributed by atoms with Crippen molar-refractivity contribution in [2.45, 2.75) is 52.0 Å². The van der Waals surface area contributed by atoms with Crippen molar-refractivity contribution >= 4 is 17.5 Å². The van der Waals surface area contributed by atoms with Crippen molar-refractivity contribution in [1.82, 2.24) is 10.6 Å². The Balaban J connectivity index is 1.71. The minimum absolute atomic E-state index is 0.0158. The van der Waals surface area contributed by atoms with Crippen LogP contribution in [0.25, 0.3) is 0 Å². The summed E-state index contributed by atoms with van der Waals surface area (Å²) < 4.78 is 0. The van der Waals surface area contributed by atoms with E-state index in [0.717, 1.165) is 37.2 Å². The van der Waals surface area contributed by atoms with E-state index in [1.165, 1.54) is 19.3 Å². The summed E-state index contributed by atoms with van der Waals surface area (Å²) >= 11 is 0. The first kappa shape index (κ1) is 18.5. The maximum absolute atomic E-state index is 12.0. The smallest absolute Gasteiger partial charge is 0.243 e. The molecule has 0 radical (unpaired) electrons. The zero-order valence-electron chi connectivity index (χ0n) is 14.6. The molecule has 0 atom stereocenters. The van der Waals surface area contributed by atoms with Gasteiger partial charge in [-0.1, -0.05) is 38.3 Å². The summed E-state index contributed by atoms with van der Waals surface area (Å²) in [6, 6.07) is 7.75. The zero-order valence-corrected chi connectivity index (χ0v) is 14.6. The molecular weight excluding hydrogens is 302 g/mol. The van der Waals surface area contributed by atoms with E-state index in [1.807, 2.05) is 24.3 Å². The lowest BCUT2D eigenvalue weighted by atomic mass is 9.87. The third-order valence-corrected chi connectivity index (χ3v) is 4.43. The third-order valence-electron chi connectivity index (χ3n) is 4.43. The monoisotopic (exact) mass is 331 g/mol. The molecule has 0 aromatic heterocycles. The first-order valence-electron chi connectivity index (χ1n) is 9.03. The van der Waals surface area contributed by atoms with Gasteiger partial charge in [-0.2, -0.15) is 0 Å². The Morgan fingerprint density at radius 1 is 1.12 bits per heavy atom. The van der Waals surface area contributed by atoms with E-state index in [4.69, 9.17) is 0 Å². The van der Waals surface area contributed by atoms with Gasteiger partial charge < -0.3 is 16.0 Å². The van der Waals surface area contributed by atoms with E-state index in [2.05, 4.69) is 22.9 Å². The molecule has 0 heterocycles. The average molecular weight is 331 g/mol. The highest BCUT2D eigenvalue weighted by Gasteiger charge is 2.17. The number of anilines is 1. The maximum Gasteiger partial charge on any atom is 0.243 e. The minimum Gasteiger partial charge on any atom is -0.347 e. The molecule has 2 rings (SSSR count). The van der Waals surface area contributed by atoms with Gasteiger partial charge in [0.2, 0.25) is 11.8 Å². The second-order valence-electron chi connectivity index (χ2n) is 6.51. The number of nitrogens with one attached hydrogen (secondary N) is 3. The van der Waals surface area contributed by atoms with Crippen LogP contribution in [0, 0.1) is 5.92 Å². The van der Waals surface area contributed by atoms with Crippen LogP contribution in [0.15, 0.2) is 24.3 Å². The summed E-state index contributed by atoms with van der Waals surface area (Å²) in [5.74, 6) is 0.287. The zero-order chi connectivity index (χ0) is 17.2. The molecule has 2 amide bonds. The van der Waals surface area contributed by atoms with Crippen LogP contribution in [0.2, 0.25) is 0 Å². The molecule has 0 bridgehead atoms. The van der Waals surface area contributed by atoms with Crippen molar-refractivity contribution in [3.63, 3.8) is 0 Å². The van der Waals surface area contributed by atoms with Crippen molar-refractivity contribution in [1.29, 1.82) is 0 Å². The second kappa shape index (κ2) is 10.1. The highest BCUT2D eigenvalue weighted by Crippen LogP contribution is 2.25. The fraction of sp³-hybridized carbons (Fsp3) is 0.579. The van der Waals surface area contributed by atoms with Crippen LogP contribution in [0.5, 0.6) is 0 Å². The van der Waals surface area contributed by atoms with E-state index in [-0.39, 0.29) is 18.4 Å². The standard InChI is InChI=1S/C19H29N3O2/c1-2-20-13-16-9-6-10-17(11-16)22-19(24)14-21-18(23)12-15-7-4-3-5-8-15/h6,9-11,15,20H,2-5,7-8,12-14H2,1H3,(H,21,23)(H,22,24). The van der Waals surface area contributed by atoms with E-state index in [0.29, 0.717) is 12.3 Å². The number of amides is 2. The molecule has 3 N–H and O–H groups in total. The first-order valence-corrected chi connectivity index (χ1v) is 9.03. The van der Waals surface area contributed by atoms with E-state index in [1.54, 1.807) is 0 Å². The van der Waals surface area contributed by atoms with E-state index >= 15 is 0 Å². The number of carbonyl (C=O) groups is 2. The Kier molecular flexibility index (Phi) is 7.75. The predicted octanol–water partition coefficient (Wildman–Crippen LogP) is 2.82. The molecule has 24 heavy (non-hydrogen) atoms. The van der Waals surface area contributed by atoms with Crippen LogP contribution in [-0.2, 0) is 16.1 Å². The van der Waals surface area contributed by atoms with Gasteiger partial charge in [0.05, 0.1) is 6.54 Å².